The number of carboxylic acid groups (broad SMARTS) is 1. The Kier molecular flexibility index (Phi) is 4.35. The normalized spacial score (nSPS) is 33.8. The first-order valence-electron chi connectivity index (χ1n) is 6.38. The van der Waals surface area contributed by atoms with Crippen molar-refractivity contribution in [2.75, 3.05) is 6.61 Å². The molecule has 5 N–H and O–H groups in total. The van der Waals surface area contributed by atoms with Crippen LogP contribution >= 0.6 is 0 Å². The molecule has 0 aliphatic carbocycles. The van der Waals surface area contributed by atoms with E-state index in [1.165, 1.54) is 6.07 Å². The lowest BCUT2D eigenvalue weighted by molar-refractivity contribution is -0.255. The number of aromatic amines is 1. The van der Waals surface area contributed by atoms with Crippen molar-refractivity contribution in [3.8, 4) is 6.07 Å². The second-order valence-corrected chi connectivity index (χ2v) is 4.94. The lowest BCUT2D eigenvalue weighted by Crippen LogP contribution is -2.64. The number of H-pyrrole nitrogens is 1. The lowest BCUT2D eigenvalue weighted by Gasteiger charge is -2.45. The topological polar surface area (TPSA) is 186 Å². The second-order valence-electron chi connectivity index (χ2n) is 4.94. The van der Waals surface area contributed by atoms with Crippen molar-refractivity contribution >= 4 is 5.97 Å². The number of carbonyl (C=O) groups is 1. The third-order valence-electron chi connectivity index (χ3n) is 3.71. The summed E-state index contributed by atoms with van der Waals surface area (Å²) < 4.78 is 5.81. The molecule has 2 rings (SSSR count). The number of ether oxygens (including phenoxy) is 1. The fourth-order valence-electron chi connectivity index (χ4n) is 2.44. The smallest absolute Gasteiger partial charge is 0.330 e. The number of carboxylic acids is 1. The Bertz CT molecular complexity index is 765. The highest BCUT2D eigenvalue weighted by molar-refractivity contribution is 5.80. The maximum Gasteiger partial charge on any atom is 0.330 e. The first-order chi connectivity index (χ1) is 10.8. The van der Waals surface area contributed by atoms with Gasteiger partial charge in [-0.25, -0.2) is 4.79 Å². The predicted octanol–water partition coefficient (Wildman–Crippen LogP) is -3.26. The monoisotopic (exact) mass is 327 g/mol. The summed E-state index contributed by atoms with van der Waals surface area (Å²) in [7, 11) is 0. The summed E-state index contributed by atoms with van der Waals surface area (Å²) in [5.74, 6) is -1.84. The highest BCUT2D eigenvalue weighted by Crippen LogP contribution is 2.40. The molecule has 0 spiro atoms. The van der Waals surface area contributed by atoms with Crippen LogP contribution in [0.3, 0.4) is 0 Å². The first kappa shape index (κ1) is 16.8. The molecule has 5 unspecified atom stereocenters. The molecule has 0 aromatic carbocycles. The fraction of sp³-hybridized carbons (Fsp3) is 0.500. The Labute approximate surface area is 127 Å². The van der Waals surface area contributed by atoms with Crippen LogP contribution in [0.25, 0.3) is 0 Å². The Morgan fingerprint density at radius 1 is 1.43 bits per heavy atom. The van der Waals surface area contributed by atoms with Crippen LogP contribution in [-0.2, 0) is 9.53 Å². The number of hydrogen-bond donors (Lipinski definition) is 5. The van der Waals surface area contributed by atoms with Gasteiger partial charge in [0.05, 0.1) is 12.7 Å². The van der Waals surface area contributed by atoms with Crippen molar-refractivity contribution in [3.05, 3.63) is 33.1 Å². The minimum Gasteiger partial charge on any atom is -0.480 e. The van der Waals surface area contributed by atoms with Crippen molar-refractivity contribution in [3.63, 3.8) is 0 Å². The Morgan fingerprint density at radius 3 is 2.57 bits per heavy atom. The average molecular weight is 327 g/mol. The number of aromatic nitrogens is 2. The van der Waals surface area contributed by atoms with Crippen LogP contribution in [0.1, 0.15) is 6.23 Å². The molecule has 5 atom stereocenters. The van der Waals surface area contributed by atoms with Gasteiger partial charge in [-0.1, -0.05) is 0 Å². The highest BCUT2D eigenvalue weighted by atomic mass is 16.6. The maximum atomic E-state index is 11.8. The molecule has 1 fully saturated rings. The fourth-order valence-corrected chi connectivity index (χ4v) is 2.44. The average Bonchev–Trinajstić information content (AvgIpc) is 2.49. The molecule has 1 aromatic heterocycles. The summed E-state index contributed by atoms with van der Waals surface area (Å²) >= 11 is 0. The standard InChI is InChI=1S/C12H13N3O8/c13-4-12(10(20)21)7(18)5(3-16)23-9(8(12)19)15-2-1-6(17)14-11(15)22/h1-2,5,7-9,16,18-19H,3H2,(H,20,21)(H,14,17,22). The van der Waals surface area contributed by atoms with Crippen molar-refractivity contribution in [1.29, 1.82) is 5.26 Å². The van der Waals surface area contributed by atoms with E-state index in [9.17, 15) is 40.1 Å². The van der Waals surface area contributed by atoms with E-state index in [2.05, 4.69) is 0 Å². The maximum absolute atomic E-state index is 11.8. The number of rotatable bonds is 3. The molecule has 11 heteroatoms. The number of hydrogen-bond acceptors (Lipinski definition) is 8. The lowest BCUT2D eigenvalue weighted by atomic mass is 9.73. The van der Waals surface area contributed by atoms with Crippen LogP contribution in [0.4, 0.5) is 0 Å². The minimum absolute atomic E-state index is 0.662. The van der Waals surface area contributed by atoms with Crippen molar-refractivity contribution < 1.29 is 30.0 Å². The summed E-state index contributed by atoms with van der Waals surface area (Å²) in [5.41, 5.74) is -4.49. The van der Waals surface area contributed by atoms with E-state index in [1.807, 2.05) is 4.98 Å². The van der Waals surface area contributed by atoms with Gasteiger partial charge in [-0.2, -0.15) is 5.26 Å². The largest absolute Gasteiger partial charge is 0.480 e. The van der Waals surface area contributed by atoms with Gasteiger partial charge in [-0.05, 0) is 0 Å². The molecular formula is C12H13N3O8. The van der Waals surface area contributed by atoms with Crippen LogP contribution in [0.15, 0.2) is 21.9 Å². The quantitative estimate of drug-likeness (QED) is 0.380. The van der Waals surface area contributed by atoms with Crippen LogP contribution in [0.5, 0.6) is 0 Å². The number of nitriles is 1. The number of aliphatic hydroxyl groups is 3. The molecule has 1 aromatic rings. The van der Waals surface area contributed by atoms with E-state index in [4.69, 9.17) is 4.74 Å². The van der Waals surface area contributed by atoms with Gasteiger partial charge in [0.1, 0.15) is 18.3 Å². The highest BCUT2D eigenvalue weighted by Gasteiger charge is 2.62. The number of nitrogens with one attached hydrogen (secondary N) is 1. The van der Waals surface area contributed by atoms with Crippen LogP contribution in [-0.4, -0.2) is 60.9 Å². The Balaban J connectivity index is 2.61. The molecule has 1 saturated heterocycles. The zero-order chi connectivity index (χ0) is 17.4. The number of aliphatic hydroxyl groups excluding tert-OH is 3. The van der Waals surface area contributed by atoms with Gasteiger partial charge in [0.25, 0.3) is 5.56 Å². The van der Waals surface area contributed by atoms with Gasteiger partial charge in [0.15, 0.2) is 6.23 Å². The van der Waals surface area contributed by atoms with Gasteiger partial charge < -0.3 is 25.2 Å². The predicted molar refractivity (Wildman–Crippen MR) is 70.0 cm³/mol. The molecule has 124 valence electrons. The van der Waals surface area contributed by atoms with Crippen molar-refractivity contribution in [2.24, 2.45) is 5.41 Å². The summed E-state index contributed by atoms with van der Waals surface area (Å²) in [6.07, 6.45) is -6.51. The van der Waals surface area contributed by atoms with Crippen LogP contribution < -0.4 is 11.2 Å². The zero-order valence-electron chi connectivity index (χ0n) is 11.5. The number of aliphatic carboxylic acids is 1. The van der Waals surface area contributed by atoms with E-state index in [0.29, 0.717) is 4.57 Å². The van der Waals surface area contributed by atoms with E-state index in [0.717, 1.165) is 12.3 Å². The summed E-state index contributed by atoms with van der Waals surface area (Å²) in [4.78, 5) is 36.2. The van der Waals surface area contributed by atoms with Gasteiger partial charge in [-0.15, -0.1) is 0 Å². The number of nitrogens with zero attached hydrogens (tertiary/aromatic N) is 2. The SMILES string of the molecule is N#CC1(C(=O)O)C(O)C(CO)OC(n2ccc(=O)[nH]c2=O)C1O. The third-order valence-corrected chi connectivity index (χ3v) is 3.71. The summed E-state index contributed by atoms with van der Waals surface area (Å²) in [6, 6.07) is 2.26. The Morgan fingerprint density at radius 2 is 2.09 bits per heavy atom. The van der Waals surface area contributed by atoms with Gasteiger partial charge in [0, 0.05) is 12.3 Å². The van der Waals surface area contributed by atoms with E-state index < -0.39 is 53.8 Å². The molecule has 0 radical (unpaired) electrons. The van der Waals surface area contributed by atoms with Crippen LogP contribution in [0.2, 0.25) is 0 Å². The summed E-state index contributed by atoms with van der Waals surface area (Å²) in [5, 5.41) is 48.0. The molecule has 0 bridgehead atoms. The zero-order valence-corrected chi connectivity index (χ0v) is 11.5. The first-order valence-corrected chi connectivity index (χ1v) is 6.38. The second kappa shape index (κ2) is 5.94. The molecule has 0 amide bonds. The third kappa shape index (κ3) is 2.43. The molecule has 1 aliphatic rings. The van der Waals surface area contributed by atoms with E-state index in [-0.39, 0.29) is 0 Å². The van der Waals surface area contributed by atoms with E-state index >= 15 is 0 Å². The molecule has 23 heavy (non-hydrogen) atoms. The molecule has 0 saturated carbocycles. The molecule has 11 nitrogen and oxygen atoms in total. The van der Waals surface area contributed by atoms with Gasteiger partial charge >= 0.3 is 11.7 Å². The van der Waals surface area contributed by atoms with E-state index in [1.54, 1.807) is 0 Å². The van der Waals surface area contributed by atoms with Gasteiger partial charge in [0.2, 0.25) is 5.41 Å². The molecule has 2 heterocycles. The molecule has 1 aliphatic heterocycles. The van der Waals surface area contributed by atoms with Crippen LogP contribution in [0, 0.1) is 16.7 Å². The summed E-state index contributed by atoms with van der Waals surface area (Å²) in [6.45, 7) is -0.862. The Hall–Kier alpha value is -2.52. The molecular weight excluding hydrogens is 314 g/mol. The van der Waals surface area contributed by atoms with Gasteiger partial charge in [-0.3, -0.25) is 19.1 Å². The minimum atomic E-state index is -2.73. The van der Waals surface area contributed by atoms with Crippen molar-refractivity contribution in [1.82, 2.24) is 9.55 Å². The van der Waals surface area contributed by atoms with Crippen molar-refractivity contribution in [2.45, 2.75) is 24.5 Å².